The second-order valence-electron chi connectivity index (χ2n) is 8.75. The van der Waals surface area contributed by atoms with Crippen molar-refractivity contribution >= 4 is 17.3 Å². The maximum absolute atomic E-state index is 12.9. The fraction of sp³-hybridized carbons (Fsp3) is 0.346. The predicted molar refractivity (Wildman–Crippen MR) is 128 cm³/mol. The number of benzene rings is 2. The first kappa shape index (κ1) is 21.8. The third-order valence-corrected chi connectivity index (χ3v) is 6.01. The molecule has 1 N–H and O–H groups in total. The summed E-state index contributed by atoms with van der Waals surface area (Å²) < 4.78 is 1.47. The number of hydrogen-bond acceptors (Lipinski definition) is 4. The highest BCUT2D eigenvalue weighted by Crippen LogP contribution is 2.24. The van der Waals surface area contributed by atoms with Crippen LogP contribution in [0.5, 0.6) is 0 Å². The minimum atomic E-state index is -0.136. The first-order valence-corrected chi connectivity index (χ1v) is 11.3. The van der Waals surface area contributed by atoms with E-state index in [9.17, 15) is 9.59 Å². The van der Waals surface area contributed by atoms with Gasteiger partial charge in [-0.25, -0.2) is 4.68 Å². The fourth-order valence-corrected chi connectivity index (χ4v) is 4.12. The molecule has 32 heavy (non-hydrogen) atoms. The summed E-state index contributed by atoms with van der Waals surface area (Å²) in [5.41, 5.74) is 3.71. The summed E-state index contributed by atoms with van der Waals surface area (Å²) in [4.78, 5) is 27.7. The molecular formula is C26H30N4O2. The van der Waals surface area contributed by atoms with Crippen molar-refractivity contribution in [3.8, 4) is 0 Å². The Bertz CT molecular complexity index is 1120. The van der Waals surface area contributed by atoms with Gasteiger partial charge in [0.05, 0.1) is 24.3 Å². The summed E-state index contributed by atoms with van der Waals surface area (Å²) in [5, 5.41) is 7.45. The van der Waals surface area contributed by atoms with Crippen LogP contribution in [0, 0.1) is 5.92 Å². The molecule has 166 valence electrons. The molecule has 6 nitrogen and oxygen atoms in total. The van der Waals surface area contributed by atoms with Crippen molar-refractivity contribution in [1.29, 1.82) is 0 Å². The average molecular weight is 431 g/mol. The van der Waals surface area contributed by atoms with Crippen LogP contribution in [0.3, 0.4) is 0 Å². The summed E-state index contributed by atoms with van der Waals surface area (Å²) in [6.07, 6.45) is 3.47. The first-order chi connectivity index (χ1) is 15.5. The lowest BCUT2D eigenvalue weighted by Crippen LogP contribution is -2.41. The van der Waals surface area contributed by atoms with Gasteiger partial charge < -0.3 is 10.2 Å². The Labute approximate surface area is 188 Å². The van der Waals surface area contributed by atoms with Gasteiger partial charge in [-0.1, -0.05) is 56.3 Å². The summed E-state index contributed by atoms with van der Waals surface area (Å²) in [7, 11) is 0. The molecule has 1 aromatic heterocycles. The third kappa shape index (κ3) is 5.25. The zero-order valence-electron chi connectivity index (χ0n) is 18.7. The molecule has 1 saturated heterocycles. The van der Waals surface area contributed by atoms with Gasteiger partial charge in [-0.05, 0) is 42.0 Å². The Morgan fingerprint density at radius 3 is 2.69 bits per heavy atom. The summed E-state index contributed by atoms with van der Waals surface area (Å²) in [5.74, 6) is 0.313. The van der Waals surface area contributed by atoms with Gasteiger partial charge >= 0.3 is 0 Å². The van der Waals surface area contributed by atoms with Gasteiger partial charge in [0.2, 0.25) is 5.91 Å². The van der Waals surface area contributed by atoms with E-state index in [1.807, 2.05) is 48.5 Å². The van der Waals surface area contributed by atoms with Gasteiger partial charge in [0, 0.05) is 24.8 Å². The molecule has 1 amide bonds. The van der Waals surface area contributed by atoms with Crippen LogP contribution in [0.15, 0.2) is 71.7 Å². The van der Waals surface area contributed by atoms with Gasteiger partial charge in [0.1, 0.15) is 0 Å². The highest BCUT2D eigenvalue weighted by atomic mass is 16.2. The van der Waals surface area contributed by atoms with E-state index in [1.165, 1.54) is 10.2 Å². The standard InChI is InChI=1S/C26H30N4O2/c1-19(2)21-10-6-12-23(14-21)28-26(32)22-11-7-13-29(18-22)24-15-25(31)30(27-16-24)17-20-8-4-3-5-9-20/h3-6,8-10,12,14-16,19,22H,7,11,13,17-18H2,1-2H3,(H,28,32)/t22-/m0/s1. The van der Waals surface area contributed by atoms with Crippen molar-refractivity contribution in [2.24, 2.45) is 5.92 Å². The minimum Gasteiger partial charge on any atom is -0.369 e. The molecule has 3 aromatic rings. The van der Waals surface area contributed by atoms with E-state index in [1.54, 1.807) is 12.3 Å². The lowest BCUT2D eigenvalue weighted by atomic mass is 9.96. The molecule has 1 aliphatic rings. The smallest absolute Gasteiger partial charge is 0.269 e. The number of nitrogens with zero attached hydrogens (tertiary/aromatic N) is 3. The van der Waals surface area contributed by atoms with Crippen LogP contribution in [-0.2, 0) is 11.3 Å². The van der Waals surface area contributed by atoms with Crippen LogP contribution in [0.4, 0.5) is 11.4 Å². The Morgan fingerprint density at radius 1 is 1.12 bits per heavy atom. The molecular weight excluding hydrogens is 400 g/mol. The van der Waals surface area contributed by atoms with Crippen LogP contribution in [0.2, 0.25) is 0 Å². The number of rotatable bonds is 6. The number of hydrogen-bond donors (Lipinski definition) is 1. The maximum atomic E-state index is 12.9. The maximum Gasteiger partial charge on any atom is 0.269 e. The second-order valence-corrected chi connectivity index (χ2v) is 8.75. The number of aromatic nitrogens is 2. The molecule has 6 heteroatoms. The summed E-state index contributed by atoms with van der Waals surface area (Å²) >= 11 is 0. The van der Waals surface area contributed by atoms with Crippen LogP contribution >= 0.6 is 0 Å². The molecule has 0 aliphatic carbocycles. The molecule has 0 unspecified atom stereocenters. The van der Waals surface area contributed by atoms with E-state index in [-0.39, 0.29) is 17.4 Å². The number of carbonyl (C=O) groups is 1. The van der Waals surface area contributed by atoms with Crippen LogP contribution in [0.25, 0.3) is 0 Å². The Balaban J connectivity index is 1.42. The molecule has 1 atom stereocenters. The van der Waals surface area contributed by atoms with Crippen molar-refractivity contribution in [3.05, 3.63) is 88.3 Å². The van der Waals surface area contributed by atoms with E-state index in [0.717, 1.165) is 36.3 Å². The highest BCUT2D eigenvalue weighted by Gasteiger charge is 2.26. The SMILES string of the molecule is CC(C)c1cccc(NC(=O)[C@H]2CCCN(c3cnn(Cc4ccccc4)c(=O)c3)C2)c1. The highest BCUT2D eigenvalue weighted by molar-refractivity contribution is 5.93. The average Bonchev–Trinajstić information content (AvgIpc) is 2.81. The second kappa shape index (κ2) is 9.81. The van der Waals surface area contributed by atoms with Crippen LogP contribution in [-0.4, -0.2) is 28.8 Å². The number of amides is 1. The number of carbonyl (C=O) groups excluding carboxylic acids is 1. The quantitative estimate of drug-likeness (QED) is 0.634. The fourth-order valence-electron chi connectivity index (χ4n) is 4.12. The van der Waals surface area contributed by atoms with E-state index in [4.69, 9.17) is 0 Å². The largest absolute Gasteiger partial charge is 0.369 e. The zero-order chi connectivity index (χ0) is 22.5. The molecule has 4 rings (SSSR count). The Hall–Kier alpha value is -3.41. The first-order valence-electron chi connectivity index (χ1n) is 11.3. The summed E-state index contributed by atoms with van der Waals surface area (Å²) in [6, 6.07) is 19.5. The Morgan fingerprint density at radius 2 is 1.94 bits per heavy atom. The molecule has 0 bridgehead atoms. The Kier molecular flexibility index (Phi) is 6.69. The monoisotopic (exact) mass is 430 g/mol. The van der Waals surface area contributed by atoms with Crippen molar-refractivity contribution in [2.75, 3.05) is 23.3 Å². The van der Waals surface area contributed by atoms with E-state index in [0.29, 0.717) is 19.0 Å². The van der Waals surface area contributed by atoms with Gasteiger partial charge in [0.15, 0.2) is 0 Å². The lowest BCUT2D eigenvalue weighted by Gasteiger charge is -2.33. The molecule has 0 radical (unpaired) electrons. The normalized spacial score (nSPS) is 16.2. The molecule has 2 aromatic carbocycles. The molecule has 0 spiro atoms. The molecule has 1 fully saturated rings. The number of piperidine rings is 1. The van der Waals surface area contributed by atoms with Crippen molar-refractivity contribution in [1.82, 2.24) is 9.78 Å². The van der Waals surface area contributed by atoms with Gasteiger partial charge in [-0.2, -0.15) is 5.10 Å². The van der Waals surface area contributed by atoms with Crippen molar-refractivity contribution < 1.29 is 4.79 Å². The number of anilines is 2. The topological polar surface area (TPSA) is 67.2 Å². The lowest BCUT2D eigenvalue weighted by molar-refractivity contribution is -0.120. The third-order valence-electron chi connectivity index (χ3n) is 6.01. The summed E-state index contributed by atoms with van der Waals surface area (Å²) in [6.45, 7) is 6.12. The van der Waals surface area contributed by atoms with E-state index in [2.05, 4.69) is 35.2 Å². The predicted octanol–water partition coefficient (Wildman–Crippen LogP) is 4.27. The van der Waals surface area contributed by atoms with Crippen LogP contribution in [0.1, 0.15) is 43.7 Å². The number of nitrogens with one attached hydrogen (secondary N) is 1. The molecule has 1 aliphatic heterocycles. The van der Waals surface area contributed by atoms with Gasteiger partial charge in [-0.15, -0.1) is 0 Å². The molecule has 0 saturated carbocycles. The van der Waals surface area contributed by atoms with Crippen molar-refractivity contribution in [3.63, 3.8) is 0 Å². The van der Waals surface area contributed by atoms with E-state index < -0.39 is 0 Å². The van der Waals surface area contributed by atoms with Gasteiger partial charge in [0.25, 0.3) is 5.56 Å². The van der Waals surface area contributed by atoms with Crippen molar-refractivity contribution in [2.45, 2.75) is 39.2 Å². The minimum absolute atomic E-state index is 0.0287. The zero-order valence-corrected chi connectivity index (χ0v) is 18.7. The van der Waals surface area contributed by atoms with Gasteiger partial charge in [-0.3, -0.25) is 9.59 Å². The van der Waals surface area contributed by atoms with Crippen LogP contribution < -0.4 is 15.8 Å². The van der Waals surface area contributed by atoms with E-state index >= 15 is 0 Å². The molecule has 2 heterocycles.